The van der Waals surface area contributed by atoms with Crippen molar-refractivity contribution in [3.8, 4) is 0 Å². The van der Waals surface area contributed by atoms with E-state index < -0.39 is 0 Å². The molecule has 0 spiro atoms. The van der Waals surface area contributed by atoms with Gasteiger partial charge in [0.2, 0.25) is 5.91 Å². The van der Waals surface area contributed by atoms with E-state index in [0.29, 0.717) is 6.54 Å². The van der Waals surface area contributed by atoms with Crippen LogP contribution < -0.4 is 0 Å². The molecule has 0 atom stereocenters. The Kier molecular flexibility index (Phi) is 2.33. The van der Waals surface area contributed by atoms with Crippen LogP contribution in [-0.4, -0.2) is 29.7 Å². The van der Waals surface area contributed by atoms with Gasteiger partial charge in [0, 0.05) is 6.54 Å². The number of ketones is 1. The van der Waals surface area contributed by atoms with Crippen LogP contribution in [-0.2, 0) is 9.59 Å². The van der Waals surface area contributed by atoms with Crippen molar-refractivity contribution >= 4 is 11.7 Å². The predicted octanol–water partition coefficient (Wildman–Crippen LogP) is 1.37. The number of rotatable bonds is 2. The number of hydrogen-bond acceptors (Lipinski definition) is 2. The highest BCUT2D eigenvalue weighted by Gasteiger charge is 2.36. The number of amides is 1. The van der Waals surface area contributed by atoms with Crippen LogP contribution in [0.4, 0.5) is 0 Å². The molecule has 14 heavy (non-hydrogen) atoms. The van der Waals surface area contributed by atoms with Gasteiger partial charge < -0.3 is 4.90 Å². The number of likely N-dealkylation sites (tertiary alicyclic amines) is 1. The van der Waals surface area contributed by atoms with E-state index in [2.05, 4.69) is 6.92 Å². The van der Waals surface area contributed by atoms with Crippen molar-refractivity contribution in [1.29, 1.82) is 0 Å². The van der Waals surface area contributed by atoms with Gasteiger partial charge in [0.25, 0.3) is 0 Å². The Morgan fingerprint density at radius 1 is 1.29 bits per heavy atom. The lowest BCUT2D eigenvalue weighted by Crippen LogP contribution is -2.35. The normalized spacial score (nSPS) is 26.2. The van der Waals surface area contributed by atoms with E-state index in [1.54, 1.807) is 4.90 Å². The van der Waals surface area contributed by atoms with Gasteiger partial charge in [-0.2, -0.15) is 0 Å². The highest BCUT2D eigenvalue weighted by Crippen LogP contribution is 2.38. The van der Waals surface area contributed by atoms with E-state index in [1.165, 1.54) is 25.7 Å². The molecule has 3 nitrogen and oxygen atoms in total. The SMILES string of the molecule is CC1(CN2CC(=O)CC2=O)CCCC1. The minimum absolute atomic E-state index is 0.0307. The van der Waals surface area contributed by atoms with Gasteiger partial charge in [0.1, 0.15) is 0 Å². The maximum atomic E-state index is 11.4. The molecule has 1 amide bonds. The highest BCUT2D eigenvalue weighted by atomic mass is 16.2. The molecule has 1 saturated heterocycles. The standard InChI is InChI=1S/C11H17NO2/c1-11(4-2-3-5-11)8-12-7-9(13)6-10(12)14/h2-8H2,1H3. The van der Waals surface area contributed by atoms with Crippen LogP contribution in [0.5, 0.6) is 0 Å². The summed E-state index contributed by atoms with van der Waals surface area (Å²) in [5.41, 5.74) is 0.278. The monoisotopic (exact) mass is 195 g/mol. The van der Waals surface area contributed by atoms with Crippen molar-refractivity contribution < 1.29 is 9.59 Å². The summed E-state index contributed by atoms with van der Waals surface area (Å²) in [5.74, 6) is 0.111. The summed E-state index contributed by atoms with van der Waals surface area (Å²) in [5, 5.41) is 0. The van der Waals surface area contributed by atoms with Crippen LogP contribution in [0.2, 0.25) is 0 Å². The molecule has 1 aliphatic heterocycles. The van der Waals surface area contributed by atoms with Crippen LogP contribution >= 0.6 is 0 Å². The summed E-state index contributed by atoms with van der Waals surface area (Å²) in [6.07, 6.45) is 5.07. The third-order valence-electron chi connectivity index (χ3n) is 3.45. The summed E-state index contributed by atoms with van der Waals surface area (Å²) in [6, 6.07) is 0. The first-order chi connectivity index (χ1) is 6.59. The van der Waals surface area contributed by atoms with E-state index in [-0.39, 0.29) is 23.5 Å². The maximum Gasteiger partial charge on any atom is 0.230 e. The Hall–Kier alpha value is -0.860. The quantitative estimate of drug-likeness (QED) is 0.624. The molecule has 78 valence electrons. The summed E-state index contributed by atoms with van der Waals surface area (Å²) in [6.45, 7) is 3.38. The number of Topliss-reactive ketones (excluding diaryl/α,β-unsaturated/α-hetero) is 1. The van der Waals surface area contributed by atoms with Crippen LogP contribution in [0, 0.1) is 5.41 Å². The number of hydrogen-bond donors (Lipinski definition) is 0. The van der Waals surface area contributed by atoms with Gasteiger partial charge in [0.05, 0.1) is 13.0 Å². The summed E-state index contributed by atoms with van der Waals surface area (Å²) in [7, 11) is 0. The second-order valence-corrected chi connectivity index (χ2v) is 4.98. The smallest absolute Gasteiger partial charge is 0.230 e. The fraction of sp³-hybridized carbons (Fsp3) is 0.818. The van der Waals surface area contributed by atoms with Crippen molar-refractivity contribution in [2.24, 2.45) is 5.41 Å². The van der Waals surface area contributed by atoms with Gasteiger partial charge in [0.15, 0.2) is 5.78 Å². The molecule has 1 heterocycles. The molecule has 0 N–H and O–H groups in total. The first-order valence-corrected chi connectivity index (χ1v) is 5.39. The molecule has 0 aromatic rings. The lowest BCUT2D eigenvalue weighted by atomic mass is 9.88. The highest BCUT2D eigenvalue weighted by molar-refractivity contribution is 6.05. The van der Waals surface area contributed by atoms with E-state index in [1.807, 2.05) is 0 Å². The minimum Gasteiger partial charge on any atom is -0.334 e. The largest absolute Gasteiger partial charge is 0.334 e. The molecule has 0 aromatic heterocycles. The molecular formula is C11H17NO2. The molecule has 2 fully saturated rings. The van der Waals surface area contributed by atoms with E-state index in [0.717, 1.165) is 6.54 Å². The zero-order valence-corrected chi connectivity index (χ0v) is 8.71. The molecule has 0 radical (unpaired) electrons. The van der Waals surface area contributed by atoms with Gasteiger partial charge >= 0.3 is 0 Å². The average molecular weight is 195 g/mol. The Morgan fingerprint density at radius 2 is 1.93 bits per heavy atom. The van der Waals surface area contributed by atoms with E-state index in [4.69, 9.17) is 0 Å². The zero-order chi connectivity index (χ0) is 10.2. The number of carbonyl (C=O) groups excluding carboxylic acids is 2. The Morgan fingerprint density at radius 3 is 2.43 bits per heavy atom. The van der Waals surface area contributed by atoms with Crippen molar-refractivity contribution in [3.05, 3.63) is 0 Å². The van der Waals surface area contributed by atoms with Crippen molar-refractivity contribution in [2.45, 2.75) is 39.0 Å². The molecule has 2 aliphatic rings. The van der Waals surface area contributed by atoms with Crippen LogP contribution in [0.15, 0.2) is 0 Å². The third-order valence-corrected chi connectivity index (χ3v) is 3.45. The van der Waals surface area contributed by atoms with Crippen molar-refractivity contribution in [2.75, 3.05) is 13.1 Å². The Balaban J connectivity index is 1.97. The summed E-state index contributed by atoms with van der Waals surface area (Å²) in [4.78, 5) is 24.2. The third kappa shape index (κ3) is 1.81. The molecule has 2 rings (SSSR count). The predicted molar refractivity (Wildman–Crippen MR) is 52.8 cm³/mol. The average Bonchev–Trinajstić information content (AvgIpc) is 2.61. The lowest BCUT2D eigenvalue weighted by Gasteiger charge is -2.29. The van der Waals surface area contributed by atoms with Gasteiger partial charge in [-0.05, 0) is 18.3 Å². The first-order valence-electron chi connectivity index (χ1n) is 5.39. The van der Waals surface area contributed by atoms with Gasteiger partial charge in [-0.1, -0.05) is 19.8 Å². The van der Waals surface area contributed by atoms with E-state index >= 15 is 0 Å². The molecule has 0 aromatic carbocycles. The molecule has 0 bridgehead atoms. The molecule has 1 aliphatic carbocycles. The molecular weight excluding hydrogens is 178 g/mol. The second-order valence-electron chi connectivity index (χ2n) is 4.98. The fourth-order valence-corrected chi connectivity index (χ4v) is 2.63. The van der Waals surface area contributed by atoms with Crippen LogP contribution in [0.25, 0.3) is 0 Å². The van der Waals surface area contributed by atoms with Gasteiger partial charge in [-0.25, -0.2) is 0 Å². The Bertz CT molecular complexity index is 266. The van der Waals surface area contributed by atoms with E-state index in [9.17, 15) is 9.59 Å². The van der Waals surface area contributed by atoms with Crippen LogP contribution in [0.1, 0.15) is 39.0 Å². The number of nitrogens with zero attached hydrogens (tertiary/aromatic N) is 1. The number of carbonyl (C=O) groups is 2. The molecule has 3 heteroatoms. The van der Waals surface area contributed by atoms with Gasteiger partial charge in [-0.3, -0.25) is 9.59 Å². The summed E-state index contributed by atoms with van der Waals surface area (Å²) < 4.78 is 0. The second kappa shape index (κ2) is 3.37. The minimum atomic E-state index is 0.0307. The van der Waals surface area contributed by atoms with Crippen LogP contribution in [0.3, 0.4) is 0 Å². The van der Waals surface area contributed by atoms with Gasteiger partial charge in [-0.15, -0.1) is 0 Å². The molecule has 1 saturated carbocycles. The van der Waals surface area contributed by atoms with Crippen molar-refractivity contribution in [3.63, 3.8) is 0 Å². The molecule has 0 unspecified atom stereocenters. The fourth-order valence-electron chi connectivity index (χ4n) is 2.63. The first kappa shape index (κ1) is 9.69. The lowest BCUT2D eigenvalue weighted by molar-refractivity contribution is -0.129. The topological polar surface area (TPSA) is 37.4 Å². The van der Waals surface area contributed by atoms with Crippen molar-refractivity contribution in [1.82, 2.24) is 4.90 Å². The summed E-state index contributed by atoms with van der Waals surface area (Å²) >= 11 is 0. The maximum absolute atomic E-state index is 11.4. The zero-order valence-electron chi connectivity index (χ0n) is 8.71. The Labute approximate surface area is 84.5 Å².